The summed E-state index contributed by atoms with van der Waals surface area (Å²) in [5, 5.41) is 7.97. The van der Waals surface area contributed by atoms with Gasteiger partial charge in [0.15, 0.2) is 0 Å². The van der Waals surface area contributed by atoms with E-state index in [1.807, 2.05) is 13.0 Å². The Bertz CT molecular complexity index is 1030. The topological polar surface area (TPSA) is 130 Å². The zero-order valence-corrected chi connectivity index (χ0v) is 16.0. The Morgan fingerprint density at radius 1 is 1.43 bits per heavy atom. The molecule has 1 saturated heterocycles. The number of aryl methyl sites for hydroxylation is 1. The van der Waals surface area contributed by atoms with Crippen LogP contribution in [0.15, 0.2) is 35.1 Å². The molecule has 0 unspecified atom stereocenters. The van der Waals surface area contributed by atoms with Gasteiger partial charge in [-0.25, -0.2) is 17.5 Å². The third kappa shape index (κ3) is 2.97. The first kappa shape index (κ1) is 18.3. The summed E-state index contributed by atoms with van der Waals surface area (Å²) in [7, 11) is -4.18. The highest BCUT2D eigenvalue weighted by molar-refractivity contribution is 7.93. The molecule has 1 aromatic heterocycles. The first-order chi connectivity index (χ1) is 13.3. The first-order valence-corrected chi connectivity index (χ1v) is 9.95. The Morgan fingerprint density at radius 3 is 3.00 bits per heavy atom. The molecule has 1 radical (unpaired) electrons. The van der Waals surface area contributed by atoms with Gasteiger partial charge in [-0.2, -0.15) is 0 Å². The molecule has 0 aromatic carbocycles. The molecular formula is C17H18N5O5S. The number of carbonyl (C=O) groups is 2. The maximum absolute atomic E-state index is 12.9. The van der Waals surface area contributed by atoms with Crippen LogP contribution in [0.5, 0.6) is 5.75 Å². The van der Waals surface area contributed by atoms with Crippen molar-refractivity contribution >= 4 is 22.0 Å². The Hall–Kier alpha value is -3.08. The maximum atomic E-state index is 12.9. The van der Waals surface area contributed by atoms with E-state index < -0.39 is 34.5 Å². The smallest absolute Gasteiger partial charge is 0.332 e. The van der Waals surface area contributed by atoms with Crippen LogP contribution in [0.1, 0.15) is 24.2 Å². The summed E-state index contributed by atoms with van der Waals surface area (Å²) in [6, 6.07) is 0.592. The van der Waals surface area contributed by atoms with E-state index >= 15 is 0 Å². The fraction of sp³-hybridized carbons (Fsp3) is 0.294. The van der Waals surface area contributed by atoms with Gasteiger partial charge < -0.3 is 20.7 Å². The molecule has 11 heteroatoms. The third-order valence-corrected chi connectivity index (χ3v) is 6.44. The van der Waals surface area contributed by atoms with Crippen LogP contribution in [0.2, 0.25) is 0 Å². The first-order valence-electron chi connectivity index (χ1n) is 8.51. The Balaban J connectivity index is 1.51. The molecule has 147 valence electrons. The Labute approximate surface area is 161 Å². The highest BCUT2D eigenvalue weighted by atomic mass is 32.2. The molecular weight excluding hydrogens is 386 g/mol. The predicted octanol–water partition coefficient (Wildman–Crippen LogP) is 0.175. The summed E-state index contributed by atoms with van der Waals surface area (Å²) in [5.74, 6) is -0.0581. The summed E-state index contributed by atoms with van der Waals surface area (Å²) in [6.07, 6.45) is 4.64. The molecule has 0 aliphatic carbocycles. The van der Waals surface area contributed by atoms with E-state index in [1.165, 1.54) is 12.3 Å². The van der Waals surface area contributed by atoms with Crippen molar-refractivity contribution in [2.75, 3.05) is 13.2 Å². The summed E-state index contributed by atoms with van der Waals surface area (Å²) >= 11 is 0. The molecule has 10 nitrogen and oxygen atoms in total. The molecule has 4 heterocycles. The van der Waals surface area contributed by atoms with Crippen LogP contribution < -0.4 is 20.7 Å². The molecule has 1 fully saturated rings. The van der Waals surface area contributed by atoms with Crippen LogP contribution in [0.4, 0.5) is 4.79 Å². The van der Waals surface area contributed by atoms with Crippen molar-refractivity contribution in [1.29, 1.82) is 0 Å². The molecule has 0 saturated carbocycles. The molecule has 28 heavy (non-hydrogen) atoms. The molecule has 1 aromatic rings. The van der Waals surface area contributed by atoms with Crippen molar-refractivity contribution in [1.82, 2.24) is 25.2 Å². The maximum Gasteiger partial charge on any atom is 0.332 e. The Kier molecular flexibility index (Phi) is 4.26. The van der Waals surface area contributed by atoms with Gasteiger partial charge >= 0.3 is 6.03 Å². The van der Waals surface area contributed by atoms with Gasteiger partial charge in [0.25, 0.3) is 10.0 Å². The number of allylic oxidation sites excluding steroid dienone is 1. The van der Waals surface area contributed by atoms with Gasteiger partial charge in [-0.05, 0) is 37.8 Å². The van der Waals surface area contributed by atoms with Crippen molar-refractivity contribution in [3.63, 3.8) is 0 Å². The van der Waals surface area contributed by atoms with Crippen LogP contribution in [0.3, 0.4) is 0 Å². The Morgan fingerprint density at radius 2 is 2.21 bits per heavy atom. The van der Waals surface area contributed by atoms with E-state index in [1.54, 1.807) is 13.1 Å². The standard InChI is InChI=1S/C17H18N5O5S/c1-9-5-13-15(19-6-9)12(8-27-13)20-14(23)7-22-17(24)21-11-3-4-18-10(2)16(11)28(22,25)26/h3-6,12,18H,7-8H2,1-2H3,(H,20,23)(H,21,24)/t12-/m1/s1. The monoisotopic (exact) mass is 404 g/mol. The van der Waals surface area contributed by atoms with E-state index in [4.69, 9.17) is 4.74 Å². The second kappa shape index (κ2) is 6.51. The van der Waals surface area contributed by atoms with Crippen molar-refractivity contribution < 1.29 is 22.7 Å². The zero-order valence-electron chi connectivity index (χ0n) is 15.1. The van der Waals surface area contributed by atoms with Crippen molar-refractivity contribution in [3.05, 3.63) is 52.4 Å². The van der Waals surface area contributed by atoms with Crippen molar-refractivity contribution in [2.24, 2.45) is 0 Å². The normalized spacial score (nSPS) is 22.7. The number of rotatable bonds is 3. The number of hydrogen-bond donors (Lipinski definition) is 3. The minimum atomic E-state index is -4.18. The number of nitrogens with one attached hydrogen (secondary N) is 3. The number of nitrogens with zero attached hydrogens (tertiary/aromatic N) is 2. The predicted molar refractivity (Wildman–Crippen MR) is 97.7 cm³/mol. The quantitative estimate of drug-likeness (QED) is 0.655. The van der Waals surface area contributed by atoms with E-state index in [-0.39, 0.29) is 17.6 Å². The van der Waals surface area contributed by atoms with Crippen molar-refractivity contribution in [3.8, 4) is 5.75 Å². The second-order valence-corrected chi connectivity index (χ2v) is 8.41. The molecule has 3 aliphatic heterocycles. The number of amides is 3. The summed E-state index contributed by atoms with van der Waals surface area (Å²) in [6.45, 7) is 2.99. The average molecular weight is 404 g/mol. The number of fused-ring (bicyclic) bond motifs is 2. The molecule has 3 N–H and O–H groups in total. The van der Waals surface area contributed by atoms with Gasteiger partial charge in [0.2, 0.25) is 5.91 Å². The molecule has 3 amide bonds. The van der Waals surface area contributed by atoms with E-state index in [0.29, 0.717) is 21.4 Å². The average Bonchev–Trinajstić information content (AvgIpc) is 3.00. The van der Waals surface area contributed by atoms with Crippen LogP contribution in [-0.2, 0) is 14.8 Å². The number of dihydropyridines is 1. The molecule has 4 rings (SSSR count). The molecule has 3 aliphatic rings. The number of carbonyl (C=O) groups excluding carboxylic acids is 2. The number of ether oxygens (including phenoxy) is 1. The summed E-state index contributed by atoms with van der Waals surface area (Å²) < 4.78 is 31.8. The van der Waals surface area contributed by atoms with Gasteiger partial charge in [-0.3, -0.25) is 9.78 Å². The minimum absolute atomic E-state index is 0.0610. The van der Waals surface area contributed by atoms with Gasteiger partial charge in [0, 0.05) is 11.9 Å². The summed E-state index contributed by atoms with van der Waals surface area (Å²) in [5.41, 5.74) is 1.86. The number of urea groups is 1. The fourth-order valence-electron chi connectivity index (χ4n) is 3.24. The van der Waals surface area contributed by atoms with E-state index in [9.17, 15) is 18.0 Å². The lowest BCUT2D eigenvalue weighted by molar-refractivity contribution is -0.121. The fourth-order valence-corrected chi connectivity index (χ4v) is 4.85. The van der Waals surface area contributed by atoms with Gasteiger partial charge in [-0.1, -0.05) is 0 Å². The minimum Gasteiger partial charge on any atom is -0.489 e. The lowest BCUT2D eigenvalue weighted by Gasteiger charge is -2.34. The van der Waals surface area contributed by atoms with E-state index in [0.717, 1.165) is 5.56 Å². The SMILES string of the molecule is CC1=C2[C](C=CN1)NC(=O)N(CC(=O)N[C@@H]1COc3cc(C)cnc31)S2(=O)=O. The van der Waals surface area contributed by atoms with Crippen LogP contribution >= 0.6 is 0 Å². The largest absolute Gasteiger partial charge is 0.489 e. The number of sulfonamides is 1. The van der Waals surface area contributed by atoms with Crippen molar-refractivity contribution in [2.45, 2.75) is 19.9 Å². The molecule has 0 bridgehead atoms. The number of hydrogen-bond acceptors (Lipinski definition) is 7. The van der Waals surface area contributed by atoms with Crippen LogP contribution in [0.25, 0.3) is 0 Å². The second-order valence-electron chi connectivity index (χ2n) is 6.61. The molecule has 1 atom stereocenters. The van der Waals surface area contributed by atoms with Gasteiger partial charge in [0.05, 0.1) is 0 Å². The highest BCUT2D eigenvalue weighted by Crippen LogP contribution is 2.33. The lowest BCUT2D eigenvalue weighted by Crippen LogP contribution is -2.56. The van der Waals surface area contributed by atoms with E-state index in [2.05, 4.69) is 20.9 Å². The van der Waals surface area contributed by atoms with Gasteiger partial charge in [-0.15, -0.1) is 0 Å². The number of aromatic nitrogens is 1. The summed E-state index contributed by atoms with van der Waals surface area (Å²) in [4.78, 5) is 29.0. The zero-order chi connectivity index (χ0) is 20.1. The van der Waals surface area contributed by atoms with Crippen LogP contribution in [0, 0.1) is 13.0 Å². The molecule has 0 spiro atoms. The number of pyridine rings is 1. The third-order valence-electron chi connectivity index (χ3n) is 4.53. The lowest BCUT2D eigenvalue weighted by atomic mass is 10.2. The van der Waals surface area contributed by atoms with Crippen LogP contribution in [-0.4, -0.2) is 42.8 Å². The highest BCUT2D eigenvalue weighted by Gasteiger charge is 2.44. The van der Waals surface area contributed by atoms with Gasteiger partial charge in [0.1, 0.15) is 41.6 Å².